The first-order valence-electron chi connectivity index (χ1n) is 18.5. The van der Waals surface area contributed by atoms with E-state index in [9.17, 15) is 0 Å². The number of aromatic nitrogens is 1. The molecule has 0 N–H and O–H groups in total. The lowest BCUT2D eigenvalue weighted by Gasteiger charge is -2.35. The molecule has 3 heterocycles. The fourth-order valence-corrected chi connectivity index (χ4v) is 8.41. The van der Waals surface area contributed by atoms with Gasteiger partial charge in [-0.1, -0.05) is 141 Å². The molecule has 0 bridgehead atoms. The van der Waals surface area contributed by atoms with Crippen LogP contribution in [0.1, 0.15) is 79.0 Å². The maximum Gasteiger partial charge on any atom is 0.256 e. The van der Waals surface area contributed by atoms with Crippen LogP contribution >= 0.6 is 0 Å². The Balaban J connectivity index is 1.43. The minimum atomic E-state index is -0.0177. The van der Waals surface area contributed by atoms with Gasteiger partial charge in [0.1, 0.15) is 11.5 Å². The maximum atomic E-state index is 7.05. The number of benzene rings is 6. The highest BCUT2D eigenvalue weighted by molar-refractivity contribution is 6.99. The normalized spacial score (nSPS) is 13.7. The Hall–Kier alpha value is -5.02. The van der Waals surface area contributed by atoms with E-state index in [2.05, 4.69) is 182 Å². The Labute approximate surface area is 303 Å². The van der Waals surface area contributed by atoms with Crippen molar-refractivity contribution < 1.29 is 4.74 Å². The number of rotatable bonds is 2. The van der Waals surface area contributed by atoms with Gasteiger partial charge in [0.05, 0.1) is 5.52 Å². The number of fused-ring (bicyclic) bond motifs is 7. The molecule has 0 saturated heterocycles. The fourth-order valence-electron chi connectivity index (χ4n) is 8.41. The lowest BCUT2D eigenvalue weighted by atomic mass is 9.34. The lowest BCUT2D eigenvalue weighted by molar-refractivity contribution is 0.486. The van der Waals surface area contributed by atoms with E-state index in [4.69, 9.17) is 4.74 Å². The molecule has 252 valence electrons. The zero-order valence-electron chi connectivity index (χ0n) is 31.4. The first kappa shape index (κ1) is 31.9. The molecule has 1 aromatic heterocycles. The highest BCUT2D eigenvalue weighted by Gasteiger charge is 2.42. The molecule has 7 aromatic rings. The van der Waals surface area contributed by atoms with Gasteiger partial charge in [-0.15, -0.1) is 0 Å². The SMILES string of the molecule is CC(C)(C)c1ccc2c(c1)B1c3c(cc(-c4ccccc4-c4ccccc4)cc3-n3c4ccc(C(C)(C)C)cc4c4cc(C(C)(C)C)cc1c43)O2. The Morgan fingerprint density at radius 1 is 0.490 bits per heavy atom. The molecule has 2 nitrogen and oxygen atoms in total. The fraction of sp³-hybridized carbons (Fsp3) is 0.250. The van der Waals surface area contributed by atoms with Crippen molar-refractivity contribution in [1.29, 1.82) is 0 Å². The first-order chi connectivity index (χ1) is 24.2. The molecule has 0 atom stereocenters. The van der Waals surface area contributed by atoms with Crippen molar-refractivity contribution in [3.8, 4) is 39.4 Å². The monoisotopic (exact) mass is 663 g/mol. The van der Waals surface area contributed by atoms with E-state index in [1.54, 1.807) is 0 Å². The van der Waals surface area contributed by atoms with Crippen LogP contribution in [0.5, 0.6) is 11.5 Å². The standard InChI is InChI=1S/C48H46BNO/c1-46(2,3)31-19-21-40-36(25-31)37-26-33(48(7,8)9)28-39-45(37)50(40)41-23-30(35-18-14-13-17-34(35)29-15-11-10-12-16-29)24-43-44(41)49(39)38-27-32(47(4,5)6)20-22-42(38)51-43/h10-28H,1-9H3. The van der Waals surface area contributed by atoms with E-state index in [1.807, 2.05) is 0 Å². The molecule has 0 saturated carbocycles. The summed E-state index contributed by atoms with van der Waals surface area (Å²) in [5.74, 6) is 1.90. The zero-order valence-corrected chi connectivity index (χ0v) is 31.4. The summed E-state index contributed by atoms with van der Waals surface area (Å²) in [6, 6.07) is 43.3. The van der Waals surface area contributed by atoms with Gasteiger partial charge in [0, 0.05) is 22.0 Å². The molecule has 2 aliphatic rings. The minimum Gasteiger partial charge on any atom is -0.458 e. The third kappa shape index (κ3) is 4.92. The zero-order chi connectivity index (χ0) is 35.6. The summed E-state index contributed by atoms with van der Waals surface area (Å²) in [4.78, 5) is 0. The van der Waals surface area contributed by atoms with E-state index >= 15 is 0 Å². The quantitative estimate of drug-likeness (QED) is 0.168. The average molecular weight is 664 g/mol. The van der Waals surface area contributed by atoms with Gasteiger partial charge in [-0.3, -0.25) is 0 Å². The van der Waals surface area contributed by atoms with Crippen molar-refractivity contribution >= 4 is 44.9 Å². The average Bonchev–Trinajstić information content (AvgIpc) is 3.43. The Morgan fingerprint density at radius 3 is 1.76 bits per heavy atom. The molecule has 0 unspecified atom stereocenters. The summed E-state index contributed by atoms with van der Waals surface area (Å²) in [6.07, 6.45) is 0. The van der Waals surface area contributed by atoms with Crippen molar-refractivity contribution in [3.63, 3.8) is 0 Å². The van der Waals surface area contributed by atoms with Crippen molar-refractivity contribution in [1.82, 2.24) is 4.57 Å². The van der Waals surface area contributed by atoms with Crippen molar-refractivity contribution in [2.24, 2.45) is 0 Å². The molecule has 0 spiro atoms. The van der Waals surface area contributed by atoms with Gasteiger partial charge in [0.2, 0.25) is 0 Å². The molecule has 2 aliphatic heterocycles. The van der Waals surface area contributed by atoms with Gasteiger partial charge in [0.25, 0.3) is 6.71 Å². The van der Waals surface area contributed by atoms with E-state index in [-0.39, 0.29) is 23.0 Å². The third-order valence-corrected chi connectivity index (χ3v) is 11.3. The minimum absolute atomic E-state index is 0.0125. The van der Waals surface area contributed by atoms with Crippen LogP contribution in [-0.4, -0.2) is 11.3 Å². The van der Waals surface area contributed by atoms with Gasteiger partial charge >= 0.3 is 0 Å². The molecular weight excluding hydrogens is 617 g/mol. The van der Waals surface area contributed by atoms with Gasteiger partial charge in [-0.05, 0) is 108 Å². The highest BCUT2D eigenvalue weighted by atomic mass is 16.5. The number of ether oxygens (including phenoxy) is 1. The van der Waals surface area contributed by atoms with Crippen LogP contribution in [0.3, 0.4) is 0 Å². The summed E-state index contributed by atoms with van der Waals surface area (Å²) >= 11 is 0. The largest absolute Gasteiger partial charge is 0.458 e. The molecular formula is C48H46BNO. The van der Waals surface area contributed by atoms with Crippen LogP contribution in [0.2, 0.25) is 0 Å². The molecule has 9 rings (SSSR count). The Bertz CT molecular complexity index is 2550. The Kier molecular flexibility index (Phi) is 6.73. The molecule has 0 aliphatic carbocycles. The predicted octanol–water partition coefficient (Wildman–Crippen LogP) is 10.9. The molecule has 0 radical (unpaired) electrons. The molecule has 51 heavy (non-hydrogen) atoms. The van der Waals surface area contributed by atoms with Crippen LogP contribution in [0.25, 0.3) is 49.7 Å². The van der Waals surface area contributed by atoms with Gasteiger partial charge < -0.3 is 9.30 Å². The van der Waals surface area contributed by atoms with Crippen molar-refractivity contribution in [3.05, 3.63) is 132 Å². The summed E-state index contributed by atoms with van der Waals surface area (Å²) in [5.41, 5.74) is 16.5. The van der Waals surface area contributed by atoms with Crippen LogP contribution in [0, 0.1) is 0 Å². The van der Waals surface area contributed by atoms with Gasteiger partial charge in [-0.25, -0.2) is 0 Å². The Morgan fingerprint density at radius 2 is 1.08 bits per heavy atom. The van der Waals surface area contributed by atoms with Crippen LogP contribution in [0.15, 0.2) is 115 Å². The van der Waals surface area contributed by atoms with Crippen LogP contribution in [0.4, 0.5) is 0 Å². The predicted molar refractivity (Wildman–Crippen MR) is 219 cm³/mol. The number of hydrogen-bond acceptors (Lipinski definition) is 1. The summed E-state index contributed by atoms with van der Waals surface area (Å²) in [7, 11) is 0. The third-order valence-electron chi connectivity index (χ3n) is 11.3. The molecule has 6 aromatic carbocycles. The second kappa shape index (κ2) is 10.7. The molecule has 0 amide bonds. The molecule has 3 heteroatoms. The summed E-state index contributed by atoms with van der Waals surface area (Å²) < 4.78 is 9.61. The van der Waals surface area contributed by atoms with E-state index in [1.165, 1.54) is 77.3 Å². The van der Waals surface area contributed by atoms with E-state index in [0.717, 1.165) is 17.1 Å². The second-order valence-electron chi connectivity index (χ2n) is 17.9. The lowest BCUT2D eigenvalue weighted by Crippen LogP contribution is -2.58. The smallest absolute Gasteiger partial charge is 0.256 e. The van der Waals surface area contributed by atoms with E-state index < -0.39 is 0 Å². The van der Waals surface area contributed by atoms with Crippen molar-refractivity contribution in [2.45, 2.75) is 78.6 Å². The van der Waals surface area contributed by atoms with Crippen LogP contribution < -0.4 is 21.1 Å². The topological polar surface area (TPSA) is 14.2 Å². The number of nitrogens with zero attached hydrogens (tertiary/aromatic N) is 1. The van der Waals surface area contributed by atoms with Gasteiger partial charge in [0.15, 0.2) is 0 Å². The van der Waals surface area contributed by atoms with Gasteiger partial charge in [-0.2, -0.15) is 0 Å². The maximum absolute atomic E-state index is 7.05. The molecule has 0 fully saturated rings. The van der Waals surface area contributed by atoms with Crippen molar-refractivity contribution in [2.75, 3.05) is 0 Å². The van der Waals surface area contributed by atoms with E-state index in [0.29, 0.717) is 0 Å². The second-order valence-corrected chi connectivity index (χ2v) is 17.9. The summed E-state index contributed by atoms with van der Waals surface area (Å²) in [5, 5.41) is 2.65. The highest BCUT2D eigenvalue weighted by Crippen LogP contribution is 2.43. The number of hydrogen-bond donors (Lipinski definition) is 0. The first-order valence-corrected chi connectivity index (χ1v) is 18.5. The summed E-state index contributed by atoms with van der Waals surface area (Å²) in [6.45, 7) is 20.9. The van der Waals surface area contributed by atoms with Crippen LogP contribution in [-0.2, 0) is 16.2 Å².